The number of likely N-dealkylation sites (tertiary alicyclic amines) is 1. The number of nitrogens with one attached hydrogen (secondary N) is 1. The largest absolute Gasteiger partial charge is 0.369 e. The Bertz CT molecular complexity index is 536. The maximum atomic E-state index is 12.1. The molecule has 0 aliphatic carbocycles. The molecule has 2 rings (SSSR count). The van der Waals surface area contributed by atoms with Gasteiger partial charge in [-0.25, -0.2) is 4.79 Å². The molecule has 1 aromatic carbocycles. The third kappa shape index (κ3) is 3.55. The lowest BCUT2D eigenvalue weighted by Crippen LogP contribution is -2.45. The van der Waals surface area contributed by atoms with E-state index in [1.165, 1.54) is 0 Å². The molecule has 0 unspecified atom stereocenters. The Labute approximate surface area is 127 Å². The zero-order chi connectivity index (χ0) is 14.7. The smallest absolute Gasteiger partial charge is 0.321 e. The van der Waals surface area contributed by atoms with Crippen LogP contribution in [-0.2, 0) is 4.79 Å². The molecule has 3 N–H and O–H groups in total. The molecule has 7 heteroatoms. The number of anilines is 1. The summed E-state index contributed by atoms with van der Waals surface area (Å²) in [6.45, 7) is 0.958. The molecule has 0 saturated carbocycles. The van der Waals surface area contributed by atoms with Gasteiger partial charge < -0.3 is 16.0 Å². The van der Waals surface area contributed by atoms with Crippen molar-refractivity contribution >= 4 is 40.8 Å². The van der Waals surface area contributed by atoms with Crippen LogP contribution in [0.4, 0.5) is 10.5 Å². The Morgan fingerprint density at radius 2 is 2.05 bits per heavy atom. The van der Waals surface area contributed by atoms with Gasteiger partial charge in [0.2, 0.25) is 5.91 Å². The van der Waals surface area contributed by atoms with Gasteiger partial charge in [0.25, 0.3) is 0 Å². The molecular formula is C13H15Cl2N3O2. The molecule has 5 nitrogen and oxygen atoms in total. The number of halogens is 2. The first kappa shape index (κ1) is 14.9. The van der Waals surface area contributed by atoms with E-state index in [1.54, 1.807) is 23.1 Å². The molecule has 0 aromatic heterocycles. The number of piperidine rings is 1. The minimum atomic E-state index is -0.364. The van der Waals surface area contributed by atoms with Crippen LogP contribution in [0.2, 0.25) is 10.0 Å². The van der Waals surface area contributed by atoms with Crippen molar-refractivity contribution in [1.29, 1.82) is 0 Å². The number of carbonyl (C=O) groups excluding carboxylic acids is 2. The number of rotatable bonds is 2. The molecule has 1 saturated heterocycles. The van der Waals surface area contributed by atoms with Crippen molar-refractivity contribution in [3.63, 3.8) is 0 Å². The van der Waals surface area contributed by atoms with Crippen molar-refractivity contribution in [2.45, 2.75) is 12.8 Å². The molecule has 1 atom stereocenters. The van der Waals surface area contributed by atoms with Crippen LogP contribution in [0.1, 0.15) is 12.8 Å². The van der Waals surface area contributed by atoms with Gasteiger partial charge in [0.1, 0.15) is 0 Å². The van der Waals surface area contributed by atoms with Gasteiger partial charge in [0, 0.05) is 18.8 Å². The third-order valence-electron chi connectivity index (χ3n) is 3.28. The second-order valence-corrected chi connectivity index (χ2v) is 5.56. The van der Waals surface area contributed by atoms with E-state index in [1.807, 2.05) is 0 Å². The van der Waals surface area contributed by atoms with Crippen molar-refractivity contribution in [2.75, 3.05) is 18.4 Å². The second-order valence-electron chi connectivity index (χ2n) is 4.75. The van der Waals surface area contributed by atoms with Crippen molar-refractivity contribution in [1.82, 2.24) is 4.90 Å². The monoisotopic (exact) mass is 315 g/mol. The van der Waals surface area contributed by atoms with Gasteiger partial charge in [-0.15, -0.1) is 0 Å². The number of primary amides is 1. The van der Waals surface area contributed by atoms with Gasteiger partial charge in [0.05, 0.1) is 16.0 Å². The maximum absolute atomic E-state index is 12.1. The average molecular weight is 316 g/mol. The predicted octanol–water partition coefficient (Wildman–Crippen LogP) is 2.72. The minimum Gasteiger partial charge on any atom is -0.369 e. The summed E-state index contributed by atoms with van der Waals surface area (Å²) >= 11 is 11.7. The number of benzene rings is 1. The fourth-order valence-corrected chi connectivity index (χ4v) is 2.47. The summed E-state index contributed by atoms with van der Waals surface area (Å²) in [5, 5.41) is 3.53. The summed E-state index contributed by atoms with van der Waals surface area (Å²) in [7, 11) is 0. The van der Waals surface area contributed by atoms with Gasteiger partial charge >= 0.3 is 6.03 Å². The summed E-state index contributed by atoms with van der Waals surface area (Å²) in [4.78, 5) is 24.9. The van der Waals surface area contributed by atoms with Gasteiger partial charge in [-0.3, -0.25) is 4.79 Å². The summed E-state index contributed by atoms with van der Waals surface area (Å²) in [6.07, 6.45) is 1.49. The standard InChI is InChI=1S/C13H15Cl2N3O2/c14-10-4-3-9(6-11(10)15)17-13(20)18-5-1-2-8(7-18)12(16)19/h3-4,6,8H,1-2,5,7H2,(H2,16,19)(H,17,20)/t8-/m1/s1. The quantitative estimate of drug-likeness (QED) is 0.880. The molecule has 1 aliphatic heterocycles. The molecular weight excluding hydrogens is 301 g/mol. The molecule has 0 spiro atoms. The highest BCUT2D eigenvalue weighted by Crippen LogP contribution is 2.25. The SMILES string of the molecule is NC(=O)[C@@H]1CCCN(C(=O)Nc2ccc(Cl)c(Cl)c2)C1. The summed E-state index contributed by atoms with van der Waals surface area (Å²) < 4.78 is 0. The summed E-state index contributed by atoms with van der Waals surface area (Å²) in [5.74, 6) is -0.639. The highest BCUT2D eigenvalue weighted by molar-refractivity contribution is 6.42. The van der Waals surface area contributed by atoms with E-state index in [-0.39, 0.29) is 17.9 Å². The van der Waals surface area contributed by atoms with Crippen LogP contribution in [0.15, 0.2) is 18.2 Å². The summed E-state index contributed by atoms with van der Waals surface area (Å²) in [5.41, 5.74) is 5.85. The fraction of sp³-hybridized carbons (Fsp3) is 0.385. The van der Waals surface area contributed by atoms with Crippen molar-refractivity contribution < 1.29 is 9.59 Å². The van der Waals surface area contributed by atoms with Crippen LogP contribution in [0, 0.1) is 5.92 Å². The molecule has 108 valence electrons. The van der Waals surface area contributed by atoms with Crippen LogP contribution in [0.5, 0.6) is 0 Å². The molecule has 3 amide bonds. The van der Waals surface area contributed by atoms with Crippen molar-refractivity contribution in [2.24, 2.45) is 11.7 Å². The molecule has 1 heterocycles. The van der Waals surface area contributed by atoms with Crippen LogP contribution >= 0.6 is 23.2 Å². The second kappa shape index (κ2) is 6.33. The zero-order valence-electron chi connectivity index (χ0n) is 10.7. The topological polar surface area (TPSA) is 75.4 Å². The lowest BCUT2D eigenvalue weighted by atomic mass is 9.98. The Morgan fingerprint density at radius 1 is 1.30 bits per heavy atom. The van der Waals surface area contributed by atoms with Crippen LogP contribution in [-0.4, -0.2) is 29.9 Å². The molecule has 0 radical (unpaired) electrons. The van der Waals surface area contributed by atoms with Crippen molar-refractivity contribution in [3.8, 4) is 0 Å². The zero-order valence-corrected chi connectivity index (χ0v) is 12.2. The lowest BCUT2D eigenvalue weighted by Gasteiger charge is -2.31. The fourth-order valence-electron chi connectivity index (χ4n) is 2.17. The van der Waals surface area contributed by atoms with Gasteiger partial charge in [-0.1, -0.05) is 23.2 Å². The van der Waals surface area contributed by atoms with Gasteiger partial charge in [0.15, 0.2) is 0 Å². The normalized spacial score (nSPS) is 18.7. The van der Waals surface area contributed by atoms with E-state index in [0.717, 1.165) is 12.8 Å². The number of amides is 3. The molecule has 1 fully saturated rings. The lowest BCUT2D eigenvalue weighted by molar-refractivity contribution is -0.123. The number of carbonyl (C=O) groups is 2. The van der Waals surface area contributed by atoms with Crippen LogP contribution in [0.3, 0.4) is 0 Å². The van der Waals surface area contributed by atoms with E-state index in [0.29, 0.717) is 28.8 Å². The maximum Gasteiger partial charge on any atom is 0.321 e. The Morgan fingerprint density at radius 3 is 2.70 bits per heavy atom. The first-order valence-corrected chi connectivity index (χ1v) is 7.03. The number of hydrogen-bond acceptors (Lipinski definition) is 2. The molecule has 0 bridgehead atoms. The van der Waals surface area contributed by atoms with Crippen LogP contribution in [0.25, 0.3) is 0 Å². The first-order chi connectivity index (χ1) is 9.47. The Balaban J connectivity index is 2.00. The number of hydrogen-bond donors (Lipinski definition) is 2. The summed E-state index contributed by atoms with van der Waals surface area (Å²) in [6, 6.07) is 4.59. The number of urea groups is 1. The van der Waals surface area contributed by atoms with E-state index in [9.17, 15) is 9.59 Å². The van der Waals surface area contributed by atoms with E-state index < -0.39 is 0 Å². The van der Waals surface area contributed by atoms with Crippen molar-refractivity contribution in [3.05, 3.63) is 28.2 Å². The molecule has 1 aromatic rings. The number of nitrogens with two attached hydrogens (primary N) is 1. The van der Waals surface area contributed by atoms with E-state index in [2.05, 4.69) is 5.32 Å². The highest BCUT2D eigenvalue weighted by Gasteiger charge is 2.26. The van der Waals surface area contributed by atoms with E-state index in [4.69, 9.17) is 28.9 Å². The Hall–Kier alpha value is -1.46. The molecule has 1 aliphatic rings. The third-order valence-corrected chi connectivity index (χ3v) is 4.02. The minimum absolute atomic E-state index is 0.269. The molecule has 20 heavy (non-hydrogen) atoms. The Kier molecular flexibility index (Phi) is 4.73. The predicted molar refractivity (Wildman–Crippen MR) is 79.0 cm³/mol. The highest BCUT2D eigenvalue weighted by atomic mass is 35.5. The van der Waals surface area contributed by atoms with Gasteiger partial charge in [-0.2, -0.15) is 0 Å². The number of nitrogens with zero attached hydrogens (tertiary/aromatic N) is 1. The average Bonchev–Trinajstić information content (AvgIpc) is 2.43. The van der Waals surface area contributed by atoms with Gasteiger partial charge in [-0.05, 0) is 31.0 Å². The van der Waals surface area contributed by atoms with E-state index >= 15 is 0 Å². The first-order valence-electron chi connectivity index (χ1n) is 6.27. The van der Waals surface area contributed by atoms with Crippen LogP contribution < -0.4 is 11.1 Å².